The molecule has 0 saturated heterocycles. The summed E-state index contributed by atoms with van der Waals surface area (Å²) in [7, 11) is -1.19. The molecular weight excluding hydrogens is 278 g/mol. The van der Waals surface area contributed by atoms with Crippen LogP contribution in [0.5, 0.6) is 0 Å². The van der Waals surface area contributed by atoms with Crippen molar-refractivity contribution in [1.82, 2.24) is 0 Å². The Hall–Kier alpha value is -0.843. The molecule has 0 amide bonds. The van der Waals surface area contributed by atoms with Gasteiger partial charge in [-0.15, -0.1) is 0 Å². The SMILES string of the molecule is C[SiH](C)OC(c1cc(/C=N/O)ccc1Cl)C(C)(C)C. The van der Waals surface area contributed by atoms with Gasteiger partial charge < -0.3 is 9.63 Å². The highest BCUT2D eigenvalue weighted by atomic mass is 35.5. The standard InChI is InChI=1S/C14H22ClNO2Si/c1-14(2,3)13(18-19(4)5)11-8-10(9-16-17)6-7-12(11)15/h6-9,13,17,19H,1-5H3/b16-9+. The Balaban J connectivity index is 3.24. The van der Waals surface area contributed by atoms with E-state index in [1.54, 1.807) is 0 Å². The monoisotopic (exact) mass is 299 g/mol. The highest BCUT2D eigenvalue weighted by Crippen LogP contribution is 2.39. The highest BCUT2D eigenvalue weighted by molar-refractivity contribution is 6.48. The first-order chi connectivity index (χ1) is 8.75. The Morgan fingerprint density at radius 3 is 2.47 bits per heavy atom. The second kappa shape index (κ2) is 6.55. The zero-order chi connectivity index (χ0) is 14.6. The molecule has 1 atom stereocenters. The Morgan fingerprint density at radius 1 is 1.37 bits per heavy atom. The van der Waals surface area contributed by atoms with Gasteiger partial charge in [0.05, 0.1) is 12.3 Å². The molecule has 5 heteroatoms. The highest BCUT2D eigenvalue weighted by Gasteiger charge is 2.29. The molecule has 0 aromatic heterocycles. The summed E-state index contributed by atoms with van der Waals surface area (Å²) < 4.78 is 6.16. The Kier molecular flexibility index (Phi) is 5.59. The maximum atomic E-state index is 8.64. The average molecular weight is 300 g/mol. The molecule has 0 aliphatic carbocycles. The fourth-order valence-corrected chi connectivity index (χ4v) is 3.24. The third kappa shape index (κ3) is 4.64. The molecule has 1 aromatic rings. The van der Waals surface area contributed by atoms with Gasteiger partial charge in [0.25, 0.3) is 0 Å². The van der Waals surface area contributed by atoms with Gasteiger partial charge in [-0.3, -0.25) is 0 Å². The number of nitrogens with zero attached hydrogens (tertiary/aromatic N) is 1. The molecule has 1 unspecified atom stereocenters. The van der Waals surface area contributed by atoms with Crippen molar-refractivity contribution in [3.63, 3.8) is 0 Å². The summed E-state index contributed by atoms with van der Waals surface area (Å²) in [6.45, 7) is 10.7. The smallest absolute Gasteiger partial charge is 0.171 e. The minimum atomic E-state index is -1.19. The van der Waals surface area contributed by atoms with Crippen molar-refractivity contribution in [2.24, 2.45) is 10.6 Å². The molecular formula is C14H22ClNO2Si. The van der Waals surface area contributed by atoms with E-state index in [0.29, 0.717) is 5.02 Å². The van der Waals surface area contributed by atoms with Gasteiger partial charge in [-0.25, -0.2) is 0 Å². The number of benzene rings is 1. The summed E-state index contributed by atoms with van der Waals surface area (Å²) in [6.07, 6.45) is 1.34. The number of hydrogen-bond acceptors (Lipinski definition) is 3. The summed E-state index contributed by atoms with van der Waals surface area (Å²) in [6, 6.07) is 5.56. The number of oxime groups is 1. The minimum Gasteiger partial charge on any atom is -0.413 e. The minimum absolute atomic E-state index is 0.0457. The first kappa shape index (κ1) is 16.2. The van der Waals surface area contributed by atoms with Crippen LogP contribution in [0.1, 0.15) is 38.0 Å². The van der Waals surface area contributed by atoms with Crippen molar-refractivity contribution in [3.8, 4) is 0 Å². The van der Waals surface area contributed by atoms with Crippen LogP contribution in [0, 0.1) is 5.41 Å². The molecule has 0 radical (unpaired) electrons. The van der Waals surface area contributed by atoms with E-state index in [0.717, 1.165) is 11.1 Å². The first-order valence-electron chi connectivity index (χ1n) is 6.38. The van der Waals surface area contributed by atoms with Crippen molar-refractivity contribution in [1.29, 1.82) is 0 Å². The summed E-state index contributed by atoms with van der Waals surface area (Å²) in [5.41, 5.74) is 1.72. The zero-order valence-corrected chi connectivity index (χ0v) is 14.1. The van der Waals surface area contributed by atoms with Crippen LogP contribution in [0.2, 0.25) is 18.1 Å². The zero-order valence-electron chi connectivity index (χ0n) is 12.1. The van der Waals surface area contributed by atoms with Crippen LogP contribution < -0.4 is 0 Å². The van der Waals surface area contributed by atoms with Crippen LogP contribution in [0.3, 0.4) is 0 Å². The summed E-state index contributed by atoms with van der Waals surface area (Å²) in [4.78, 5) is 0. The molecule has 0 heterocycles. The molecule has 0 bridgehead atoms. The quantitative estimate of drug-likeness (QED) is 0.391. The third-order valence-corrected chi connectivity index (χ3v) is 3.86. The average Bonchev–Trinajstić information content (AvgIpc) is 2.27. The van der Waals surface area contributed by atoms with Gasteiger partial charge in [0.1, 0.15) is 0 Å². The predicted molar refractivity (Wildman–Crippen MR) is 83.0 cm³/mol. The lowest BCUT2D eigenvalue weighted by Gasteiger charge is -2.33. The lowest BCUT2D eigenvalue weighted by atomic mass is 9.84. The molecule has 3 nitrogen and oxygen atoms in total. The fraction of sp³-hybridized carbons (Fsp3) is 0.500. The van der Waals surface area contributed by atoms with Crippen molar-refractivity contribution in [3.05, 3.63) is 34.3 Å². The summed E-state index contributed by atoms with van der Waals surface area (Å²) >= 11 is 6.31. The van der Waals surface area contributed by atoms with Gasteiger partial charge in [-0.2, -0.15) is 0 Å². The van der Waals surface area contributed by atoms with Crippen molar-refractivity contribution in [2.75, 3.05) is 0 Å². The van der Waals surface area contributed by atoms with Crippen LogP contribution in [0.4, 0.5) is 0 Å². The fourth-order valence-electron chi connectivity index (χ4n) is 1.93. The van der Waals surface area contributed by atoms with Crippen LogP contribution >= 0.6 is 11.6 Å². The van der Waals surface area contributed by atoms with Crippen molar-refractivity contribution >= 4 is 26.9 Å². The van der Waals surface area contributed by atoms with Gasteiger partial charge >= 0.3 is 0 Å². The Morgan fingerprint density at radius 2 is 2.00 bits per heavy atom. The lowest BCUT2D eigenvalue weighted by molar-refractivity contribution is 0.0867. The number of rotatable bonds is 4. The molecule has 1 N–H and O–H groups in total. The predicted octanol–water partition coefficient (Wildman–Crippen LogP) is 4.24. The number of halogens is 1. The van der Waals surface area contributed by atoms with E-state index < -0.39 is 9.04 Å². The maximum absolute atomic E-state index is 8.64. The van der Waals surface area contributed by atoms with Gasteiger partial charge in [-0.1, -0.05) is 43.6 Å². The molecule has 0 fully saturated rings. The van der Waals surface area contributed by atoms with Crippen LogP contribution in [0.15, 0.2) is 23.4 Å². The molecule has 0 aliphatic rings. The molecule has 0 saturated carbocycles. The van der Waals surface area contributed by atoms with Crippen LogP contribution in [-0.2, 0) is 4.43 Å². The van der Waals surface area contributed by atoms with E-state index >= 15 is 0 Å². The lowest BCUT2D eigenvalue weighted by Crippen LogP contribution is -2.26. The maximum Gasteiger partial charge on any atom is 0.171 e. The van der Waals surface area contributed by atoms with E-state index in [1.165, 1.54) is 6.21 Å². The Bertz CT molecular complexity index is 455. The summed E-state index contributed by atoms with van der Waals surface area (Å²) in [5, 5.41) is 12.4. The Labute approximate surface area is 122 Å². The molecule has 106 valence electrons. The molecule has 19 heavy (non-hydrogen) atoms. The first-order valence-corrected chi connectivity index (χ1v) is 9.54. The van der Waals surface area contributed by atoms with Gasteiger partial charge in [0.2, 0.25) is 0 Å². The van der Waals surface area contributed by atoms with E-state index in [-0.39, 0.29) is 11.5 Å². The number of hydrogen-bond donors (Lipinski definition) is 1. The largest absolute Gasteiger partial charge is 0.413 e. The van der Waals surface area contributed by atoms with E-state index in [4.69, 9.17) is 21.2 Å². The van der Waals surface area contributed by atoms with Crippen LogP contribution in [0.25, 0.3) is 0 Å². The molecule has 0 spiro atoms. The second-order valence-electron chi connectivity index (χ2n) is 5.96. The summed E-state index contributed by atoms with van der Waals surface area (Å²) in [5.74, 6) is 0. The van der Waals surface area contributed by atoms with E-state index in [1.807, 2.05) is 18.2 Å². The molecule has 0 aliphatic heterocycles. The topological polar surface area (TPSA) is 41.8 Å². The van der Waals surface area contributed by atoms with Gasteiger partial charge in [-0.05, 0) is 41.8 Å². The van der Waals surface area contributed by atoms with E-state index in [9.17, 15) is 0 Å². The second-order valence-corrected chi connectivity index (χ2v) is 8.73. The van der Waals surface area contributed by atoms with E-state index in [2.05, 4.69) is 39.0 Å². The van der Waals surface area contributed by atoms with Crippen molar-refractivity contribution < 1.29 is 9.63 Å². The van der Waals surface area contributed by atoms with Crippen molar-refractivity contribution in [2.45, 2.75) is 40.0 Å². The third-order valence-electron chi connectivity index (χ3n) is 2.70. The normalized spacial score (nSPS) is 14.3. The molecule has 1 aromatic carbocycles. The molecule has 1 rings (SSSR count). The van der Waals surface area contributed by atoms with Gasteiger partial charge in [0.15, 0.2) is 9.04 Å². The van der Waals surface area contributed by atoms with Gasteiger partial charge in [0, 0.05) is 5.02 Å². The van der Waals surface area contributed by atoms with Crippen LogP contribution in [-0.4, -0.2) is 20.5 Å².